The predicted molar refractivity (Wildman–Crippen MR) is 116 cm³/mol. The quantitative estimate of drug-likeness (QED) is 0.617. The van der Waals surface area contributed by atoms with Crippen LogP contribution in [-0.4, -0.2) is 55.1 Å². The summed E-state index contributed by atoms with van der Waals surface area (Å²) in [5.41, 5.74) is 0.398. The van der Waals surface area contributed by atoms with E-state index in [9.17, 15) is 14.4 Å². The zero-order chi connectivity index (χ0) is 22.4. The van der Waals surface area contributed by atoms with Crippen LogP contribution in [-0.2, 0) is 9.59 Å². The third-order valence-electron chi connectivity index (χ3n) is 5.57. The van der Waals surface area contributed by atoms with E-state index < -0.39 is 6.04 Å². The number of rotatable bonds is 8. The molecule has 2 heterocycles. The van der Waals surface area contributed by atoms with Crippen molar-refractivity contribution in [3.8, 4) is 11.5 Å². The molecule has 0 saturated carbocycles. The van der Waals surface area contributed by atoms with Gasteiger partial charge in [-0.15, -0.1) is 6.58 Å². The van der Waals surface area contributed by atoms with Crippen LogP contribution in [0.3, 0.4) is 0 Å². The van der Waals surface area contributed by atoms with E-state index >= 15 is 0 Å². The Hall–Kier alpha value is -3.03. The summed E-state index contributed by atoms with van der Waals surface area (Å²) in [7, 11) is 0. The highest BCUT2D eigenvalue weighted by Gasteiger charge is 2.34. The lowest BCUT2D eigenvalue weighted by Gasteiger charge is -2.36. The van der Waals surface area contributed by atoms with Gasteiger partial charge in [-0.05, 0) is 42.9 Å². The van der Waals surface area contributed by atoms with Gasteiger partial charge in [-0.3, -0.25) is 14.4 Å². The second-order valence-electron chi connectivity index (χ2n) is 8.37. The number of carbonyl (C=O) groups excluding carboxylic acids is 3. The van der Waals surface area contributed by atoms with Gasteiger partial charge < -0.3 is 25.0 Å². The van der Waals surface area contributed by atoms with Crippen LogP contribution in [0, 0.1) is 11.8 Å². The number of likely N-dealkylation sites (tertiary alicyclic amines) is 1. The maximum Gasteiger partial charge on any atom is 0.252 e. The fourth-order valence-corrected chi connectivity index (χ4v) is 3.90. The molecule has 3 amide bonds. The Morgan fingerprint density at radius 3 is 2.58 bits per heavy atom. The standard InChI is InChI=1S/C23H31N3O5/c1-4-9-24-23(29)21(16-7-10-26(11-8-16)20(27)12-15(2)3)25-22(28)17-5-6-18-19(13-17)31-14-30-18/h4-6,13,15-16,21H,1,7-12,14H2,2-3H3,(H,24,29)(H,25,28)/t21-/m0/s1. The fourth-order valence-electron chi connectivity index (χ4n) is 3.90. The molecule has 1 aromatic rings. The molecule has 1 fully saturated rings. The van der Waals surface area contributed by atoms with Gasteiger partial charge >= 0.3 is 0 Å². The number of piperidine rings is 1. The molecule has 0 radical (unpaired) electrons. The largest absolute Gasteiger partial charge is 0.454 e. The Labute approximate surface area is 183 Å². The van der Waals surface area contributed by atoms with Gasteiger partial charge in [0.25, 0.3) is 5.91 Å². The number of hydrogen-bond acceptors (Lipinski definition) is 5. The molecule has 0 aromatic heterocycles. The first kappa shape index (κ1) is 22.7. The average molecular weight is 430 g/mol. The number of hydrogen-bond donors (Lipinski definition) is 2. The van der Waals surface area contributed by atoms with Gasteiger partial charge in [0.2, 0.25) is 18.6 Å². The third kappa shape index (κ3) is 5.77. The minimum absolute atomic E-state index is 0.0640. The lowest BCUT2D eigenvalue weighted by molar-refractivity contribution is -0.133. The smallest absolute Gasteiger partial charge is 0.252 e. The summed E-state index contributed by atoms with van der Waals surface area (Å²) in [6, 6.07) is 4.25. The van der Waals surface area contributed by atoms with Crippen molar-refractivity contribution in [3.05, 3.63) is 36.4 Å². The maximum absolute atomic E-state index is 12.9. The first-order valence-electron chi connectivity index (χ1n) is 10.8. The molecular weight excluding hydrogens is 398 g/mol. The Bertz CT molecular complexity index is 831. The van der Waals surface area contributed by atoms with Crippen LogP contribution < -0.4 is 20.1 Å². The van der Waals surface area contributed by atoms with E-state index in [1.807, 2.05) is 18.7 Å². The SMILES string of the molecule is C=CCNC(=O)[C@@H](NC(=O)c1ccc2c(c1)OCO2)C1CCN(C(=O)CC(C)C)CC1. The molecule has 0 aliphatic carbocycles. The Morgan fingerprint density at radius 1 is 1.19 bits per heavy atom. The Morgan fingerprint density at radius 2 is 1.90 bits per heavy atom. The Balaban J connectivity index is 1.67. The summed E-state index contributed by atoms with van der Waals surface area (Å²) < 4.78 is 10.6. The van der Waals surface area contributed by atoms with E-state index in [-0.39, 0.29) is 30.4 Å². The summed E-state index contributed by atoms with van der Waals surface area (Å²) in [5.74, 6) is 0.892. The molecule has 0 unspecified atom stereocenters. The molecule has 1 saturated heterocycles. The molecule has 1 atom stereocenters. The molecule has 2 N–H and O–H groups in total. The summed E-state index contributed by atoms with van der Waals surface area (Å²) >= 11 is 0. The second-order valence-corrected chi connectivity index (χ2v) is 8.37. The molecule has 0 spiro atoms. The normalized spacial score (nSPS) is 16.7. The van der Waals surface area contributed by atoms with Crippen LogP contribution in [0.4, 0.5) is 0 Å². The van der Waals surface area contributed by atoms with Crippen molar-refractivity contribution in [1.82, 2.24) is 15.5 Å². The van der Waals surface area contributed by atoms with E-state index in [4.69, 9.17) is 9.47 Å². The highest BCUT2D eigenvalue weighted by Crippen LogP contribution is 2.32. The topological polar surface area (TPSA) is 97.0 Å². The van der Waals surface area contributed by atoms with Crippen molar-refractivity contribution in [3.63, 3.8) is 0 Å². The van der Waals surface area contributed by atoms with Crippen molar-refractivity contribution in [2.45, 2.75) is 39.2 Å². The predicted octanol–water partition coefficient (Wildman–Crippen LogP) is 2.10. The average Bonchev–Trinajstić information content (AvgIpc) is 3.23. The minimum atomic E-state index is -0.694. The maximum atomic E-state index is 12.9. The van der Waals surface area contributed by atoms with Crippen molar-refractivity contribution in [2.75, 3.05) is 26.4 Å². The molecular formula is C23H31N3O5. The molecule has 2 aliphatic rings. The van der Waals surface area contributed by atoms with Gasteiger partial charge in [-0.25, -0.2) is 0 Å². The fraction of sp³-hybridized carbons (Fsp3) is 0.522. The molecule has 31 heavy (non-hydrogen) atoms. The van der Waals surface area contributed by atoms with Crippen LogP contribution in [0.1, 0.15) is 43.5 Å². The molecule has 8 nitrogen and oxygen atoms in total. The zero-order valence-corrected chi connectivity index (χ0v) is 18.2. The van der Waals surface area contributed by atoms with E-state index in [0.717, 1.165) is 0 Å². The van der Waals surface area contributed by atoms with Gasteiger partial charge in [0.05, 0.1) is 0 Å². The van der Waals surface area contributed by atoms with Crippen LogP contribution >= 0.6 is 0 Å². The number of ether oxygens (including phenoxy) is 2. The van der Waals surface area contributed by atoms with E-state index in [0.29, 0.717) is 61.9 Å². The lowest BCUT2D eigenvalue weighted by Crippen LogP contribution is -2.53. The number of fused-ring (bicyclic) bond motifs is 1. The molecule has 8 heteroatoms. The highest BCUT2D eigenvalue weighted by molar-refractivity contribution is 5.98. The van der Waals surface area contributed by atoms with Crippen molar-refractivity contribution in [2.24, 2.45) is 11.8 Å². The summed E-state index contributed by atoms with van der Waals surface area (Å²) in [6.07, 6.45) is 3.42. The number of benzene rings is 1. The summed E-state index contributed by atoms with van der Waals surface area (Å²) in [4.78, 5) is 39.9. The van der Waals surface area contributed by atoms with Gasteiger partial charge in [-0.2, -0.15) is 0 Å². The first-order chi connectivity index (χ1) is 14.9. The molecule has 0 bridgehead atoms. The van der Waals surface area contributed by atoms with Gasteiger partial charge in [0, 0.05) is 31.6 Å². The molecule has 168 valence electrons. The van der Waals surface area contributed by atoms with E-state index in [1.54, 1.807) is 24.3 Å². The van der Waals surface area contributed by atoms with E-state index in [1.165, 1.54) is 0 Å². The van der Waals surface area contributed by atoms with Crippen molar-refractivity contribution < 1.29 is 23.9 Å². The van der Waals surface area contributed by atoms with Gasteiger partial charge in [0.15, 0.2) is 11.5 Å². The second kappa shape index (κ2) is 10.3. The number of amides is 3. The van der Waals surface area contributed by atoms with Gasteiger partial charge in [-0.1, -0.05) is 19.9 Å². The first-order valence-corrected chi connectivity index (χ1v) is 10.8. The minimum Gasteiger partial charge on any atom is -0.454 e. The summed E-state index contributed by atoms with van der Waals surface area (Å²) in [5, 5.41) is 5.69. The van der Waals surface area contributed by atoms with Crippen LogP contribution in [0.25, 0.3) is 0 Å². The van der Waals surface area contributed by atoms with Crippen LogP contribution in [0.15, 0.2) is 30.9 Å². The third-order valence-corrected chi connectivity index (χ3v) is 5.57. The number of nitrogens with zero attached hydrogens (tertiary/aromatic N) is 1. The van der Waals surface area contributed by atoms with Gasteiger partial charge in [0.1, 0.15) is 6.04 Å². The van der Waals surface area contributed by atoms with E-state index in [2.05, 4.69) is 17.2 Å². The number of carbonyl (C=O) groups is 3. The number of nitrogens with one attached hydrogen (secondary N) is 2. The Kier molecular flexibility index (Phi) is 7.55. The lowest BCUT2D eigenvalue weighted by atomic mass is 9.88. The molecule has 1 aromatic carbocycles. The summed E-state index contributed by atoms with van der Waals surface area (Å²) in [6.45, 7) is 9.29. The molecule has 2 aliphatic heterocycles. The molecule has 3 rings (SSSR count). The van der Waals surface area contributed by atoms with Crippen LogP contribution in [0.5, 0.6) is 11.5 Å². The zero-order valence-electron chi connectivity index (χ0n) is 18.2. The van der Waals surface area contributed by atoms with Crippen LogP contribution in [0.2, 0.25) is 0 Å². The van der Waals surface area contributed by atoms with Crippen molar-refractivity contribution >= 4 is 17.7 Å². The highest BCUT2D eigenvalue weighted by atomic mass is 16.7. The monoisotopic (exact) mass is 429 g/mol. The van der Waals surface area contributed by atoms with Crippen molar-refractivity contribution in [1.29, 1.82) is 0 Å².